The molecule has 2 atom stereocenters. The standard InChI is InChI=1S/C14H26N2O2.ClH/c1-2-12-4-3-7-16(8-5-12)14(17)10-13-11-15-6-9-18-13;/h12-13,15H,2-11H2,1H3;1H. The molecular weight excluding hydrogens is 264 g/mol. The second-order valence-electron chi connectivity index (χ2n) is 5.49. The normalized spacial score (nSPS) is 28.4. The van der Waals surface area contributed by atoms with Crippen molar-refractivity contribution in [3.8, 4) is 0 Å². The van der Waals surface area contributed by atoms with E-state index in [2.05, 4.69) is 12.2 Å². The van der Waals surface area contributed by atoms with Gasteiger partial charge in [-0.05, 0) is 25.2 Å². The van der Waals surface area contributed by atoms with Gasteiger partial charge in [-0.1, -0.05) is 13.3 Å². The predicted octanol–water partition coefficient (Wildman–Crippen LogP) is 1.83. The van der Waals surface area contributed by atoms with Crippen molar-refractivity contribution in [1.82, 2.24) is 10.2 Å². The van der Waals surface area contributed by atoms with Crippen LogP contribution in [0.3, 0.4) is 0 Å². The first-order valence-electron chi connectivity index (χ1n) is 7.39. The molecule has 2 aliphatic rings. The molecule has 5 heteroatoms. The Balaban J connectivity index is 0.00000180. The minimum Gasteiger partial charge on any atom is -0.375 e. The minimum absolute atomic E-state index is 0. The van der Waals surface area contributed by atoms with E-state index in [1.165, 1.54) is 19.3 Å². The molecule has 2 aliphatic heterocycles. The van der Waals surface area contributed by atoms with E-state index in [1.54, 1.807) is 0 Å². The van der Waals surface area contributed by atoms with Crippen LogP contribution in [0.5, 0.6) is 0 Å². The summed E-state index contributed by atoms with van der Waals surface area (Å²) in [7, 11) is 0. The number of carbonyl (C=O) groups excluding carboxylic acids is 1. The van der Waals surface area contributed by atoms with E-state index < -0.39 is 0 Å². The molecule has 0 radical (unpaired) electrons. The zero-order chi connectivity index (χ0) is 12.8. The third-order valence-electron chi connectivity index (χ3n) is 4.18. The van der Waals surface area contributed by atoms with Crippen LogP contribution < -0.4 is 5.32 Å². The summed E-state index contributed by atoms with van der Waals surface area (Å²) in [5.41, 5.74) is 0. The summed E-state index contributed by atoms with van der Waals surface area (Å²) in [6.07, 6.45) is 5.49. The first-order chi connectivity index (χ1) is 8.79. The Hall–Kier alpha value is -0.320. The Bertz CT molecular complexity index is 270. The molecule has 2 heterocycles. The number of hydrogen-bond donors (Lipinski definition) is 1. The highest BCUT2D eigenvalue weighted by atomic mass is 35.5. The van der Waals surface area contributed by atoms with Crippen LogP contribution in [0.2, 0.25) is 0 Å². The van der Waals surface area contributed by atoms with Crippen LogP contribution in [0.15, 0.2) is 0 Å². The number of nitrogens with zero attached hydrogens (tertiary/aromatic N) is 1. The minimum atomic E-state index is 0. The van der Waals surface area contributed by atoms with E-state index in [4.69, 9.17) is 4.74 Å². The monoisotopic (exact) mass is 290 g/mol. The maximum Gasteiger partial charge on any atom is 0.225 e. The van der Waals surface area contributed by atoms with Crippen molar-refractivity contribution in [2.24, 2.45) is 5.92 Å². The average Bonchev–Trinajstić information content (AvgIpc) is 2.65. The summed E-state index contributed by atoms with van der Waals surface area (Å²) in [6, 6.07) is 0. The van der Waals surface area contributed by atoms with Crippen LogP contribution in [0.1, 0.15) is 39.0 Å². The van der Waals surface area contributed by atoms with Crippen LogP contribution in [-0.2, 0) is 9.53 Å². The second kappa shape index (κ2) is 8.77. The van der Waals surface area contributed by atoms with Crippen molar-refractivity contribution < 1.29 is 9.53 Å². The Morgan fingerprint density at radius 3 is 2.89 bits per heavy atom. The lowest BCUT2D eigenvalue weighted by Crippen LogP contribution is -2.42. The Labute approximate surface area is 122 Å². The van der Waals surface area contributed by atoms with E-state index >= 15 is 0 Å². The van der Waals surface area contributed by atoms with Gasteiger partial charge in [-0.3, -0.25) is 4.79 Å². The molecule has 4 nitrogen and oxygen atoms in total. The molecule has 1 N–H and O–H groups in total. The fourth-order valence-electron chi connectivity index (χ4n) is 2.90. The first kappa shape index (κ1) is 16.7. The van der Waals surface area contributed by atoms with Gasteiger partial charge in [-0.2, -0.15) is 0 Å². The van der Waals surface area contributed by atoms with Crippen LogP contribution in [0, 0.1) is 5.92 Å². The lowest BCUT2D eigenvalue weighted by molar-refractivity contribution is -0.134. The van der Waals surface area contributed by atoms with Gasteiger partial charge in [0.25, 0.3) is 0 Å². The number of ether oxygens (including phenoxy) is 1. The number of amides is 1. The maximum atomic E-state index is 12.2. The lowest BCUT2D eigenvalue weighted by Gasteiger charge is -2.27. The van der Waals surface area contributed by atoms with Crippen LogP contribution >= 0.6 is 12.4 Å². The van der Waals surface area contributed by atoms with Gasteiger partial charge in [0.1, 0.15) is 0 Å². The smallest absolute Gasteiger partial charge is 0.225 e. The molecule has 0 aromatic heterocycles. The molecule has 0 aromatic carbocycles. The van der Waals surface area contributed by atoms with E-state index in [0.29, 0.717) is 6.42 Å². The van der Waals surface area contributed by atoms with Gasteiger partial charge in [-0.25, -0.2) is 0 Å². The van der Waals surface area contributed by atoms with Gasteiger partial charge in [-0.15, -0.1) is 12.4 Å². The fourth-order valence-corrected chi connectivity index (χ4v) is 2.90. The first-order valence-corrected chi connectivity index (χ1v) is 7.39. The summed E-state index contributed by atoms with van der Waals surface area (Å²) in [6.45, 7) is 6.59. The lowest BCUT2D eigenvalue weighted by atomic mass is 9.98. The fraction of sp³-hybridized carbons (Fsp3) is 0.929. The number of hydrogen-bond acceptors (Lipinski definition) is 3. The third-order valence-corrected chi connectivity index (χ3v) is 4.18. The third kappa shape index (κ3) is 5.28. The molecule has 2 saturated heterocycles. The topological polar surface area (TPSA) is 41.6 Å². The van der Waals surface area contributed by atoms with Crippen molar-refractivity contribution in [1.29, 1.82) is 0 Å². The Kier molecular flexibility index (Phi) is 7.73. The van der Waals surface area contributed by atoms with Crippen LogP contribution in [-0.4, -0.2) is 49.7 Å². The molecule has 0 aromatic rings. The van der Waals surface area contributed by atoms with Gasteiger partial charge in [0, 0.05) is 26.2 Å². The number of nitrogens with one attached hydrogen (secondary N) is 1. The van der Waals surface area contributed by atoms with Crippen LogP contribution in [0.4, 0.5) is 0 Å². The molecule has 19 heavy (non-hydrogen) atoms. The van der Waals surface area contributed by atoms with Gasteiger partial charge in [0.05, 0.1) is 19.1 Å². The van der Waals surface area contributed by atoms with Crippen molar-refractivity contribution >= 4 is 18.3 Å². The van der Waals surface area contributed by atoms with E-state index in [0.717, 1.165) is 45.1 Å². The Morgan fingerprint density at radius 1 is 1.37 bits per heavy atom. The summed E-state index contributed by atoms with van der Waals surface area (Å²) >= 11 is 0. The largest absolute Gasteiger partial charge is 0.375 e. The van der Waals surface area contributed by atoms with E-state index in [1.807, 2.05) is 4.90 Å². The molecule has 2 fully saturated rings. The molecule has 0 spiro atoms. The second-order valence-corrected chi connectivity index (χ2v) is 5.49. The van der Waals surface area contributed by atoms with E-state index in [-0.39, 0.29) is 24.4 Å². The van der Waals surface area contributed by atoms with Gasteiger partial charge in [0.2, 0.25) is 5.91 Å². The number of rotatable bonds is 3. The van der Waals surface area contributed by atoms with Gasteiger partial charge >= 0.3 is 0 Å². The summed E-state index contributed by atoms with van der Waals surface area (Å²) in [5.74, 6) is 1.09. The Morgan fingerprint density at radius 2 is 2.21 bits per heavy atom. The molecule has 1 amide bonds. The van der Waals surface area contributed by atoms with Crippen molar-refractivity contribution in [3.63, 3.8) is 0 Å². The molecule has 0 aliphatic carbocycles. The summed E-state index contributed by atoms with van der Waals surface area (Å²) < 4.78 is 5.60. The number of likely N-dealkylation sites (tertiary alicyclic amines) is 1. The van der Waals surface area contributed by atoms with E-state index in [9.17, 15) is 4.79 Å². The summed E-state index contributed by atoms with van der Waals surface area (Å²) in [5, 5.41) is 3.28. The number of halogens is 1. The van der Waals surface area contributed by atoms with Crippen molar-refractivity contribution in [2.45, 2.75) is 45.1 Å². The van der Waals surface area contributed by atoms with Gasteiger partial charge in [0.15, 0.2) is 0 Å². The molecule has 0 saturated carbocycles. The predicted molar refractivity (Wildman–Crippen MR) is 78.7 cm³/mol. The van der Waals surface area contributed by atoms with Crippen LogP contribution in [0.25, 0.3) is 0 Å². The zero-order valence-electron chi connectivity index (χ0n) is 11.9. The average molecular weight is 291 g/mol. The highest BCUT2D eigenvalue weighted by Gasteiger charge is 2.23. The molecule has 0 bridgehead atoms. The highest BCUT2D eigenvalue weighted by molar-refractivity contribution is 5.85. The molecule has 2 rings (SSSR count). The maximum absolute atomic E-state index is 12.2. The number of morpholine rings is 1. The SMILES string of the molecule is CCC1CCCN(C(=O)CC2CNCCO2)CC1.Cl. The number of carbonyl (C=O) groups is 1. The molecular formula is C14H27ClN2O2. The van der Waals surface area contributed by atoms with Crippen molar-refractivity contribution in [2.75, 3.05) is 32.8 Å². The summed E-state index contributed by atoms with van der Waals surface area (Å²) in [4.78, 5) is 14.3. The zero-order valence-corrected chi connectivity index (χ0v) is 12.7. The quantitative estimate of drug-likeness (QED) is 0.862. The highest BCUT2D eigenvalue weighted by Crippen LogP contribution is 2.21. The molecule has 112 valence electrons. The molecule has 2 unspecified atom stereocenters. The van der Waals surface area contributed by atoms with Crippen molar-refractivity contribution in [3.05, 3.63) is 0 Å². The van der Waals surface area contributed by atoms with Gasteiger partial charge < -0.3 is 15.0 Å².